The van der Waals surface area contributed by atoms with E-state index in [1.54, 1.807) is 7.11 Å². The minimum absolute atomic E-state index is 0.0780. The number of unbranched alkanes of at least 4 members (excludes halogenated alkanes) is 1. The Balaban J connectivity index is 2.60. The Bertz CT molecular complexity index is 358. The Morgan fingerprint density at radius 1 is 1.33 bits per heavy atom. The normalized spacial score (nSPS) is 12.4. The molecular formula is C14H20BrClO2. The van der Waals surface area contributed by atoms with Gasteiger partial charge in [0.05, 0.1) is 16.5 Å². The highest BCUT2D eigenvalue weighted by Crippen LogP contribution is 2.32. The first kappa shape index (κ1) is 15.8. The van der Waals surface area contributed by atoms with Crippen LogP contribution in [0.25, 0.3) is 0 Å². The Labute approximate surface area is 123 Å². The number of benzene rings is 1. The molecule has 0 aromatic heterocycles. The van der Waals surface area contributed by atoms with Crippen molar-refractivity contribution in [1.82, 2.24) is 0 Å². The summed E-state index contributed by atoms with van der Waals surface area (Å²) in [5, 5.41) is 0.0780. The van der Waals surface area contributed by atoms with E-state index in [9.17, 15) is 0 Å². The molecule has 0 bridgehead atoms. The molecule has 18 heavy (non-hydrogen) atoms. The number of alkyl halides is 1. The molecule has 0 heterocycles. The van der Waals surface area contributed by atoms with E-state index in [1.807, 2.05) is 18.2 Å². The topological polar surface area (TPSA) is 18.5 Å². The zero-order valence-corrected chi connectivity index (χ0v) is 13.3. The quantitative estimate of drug-likeness (QED) is 0.494. The van der Waals surface area contributed by atoms with Crippen LogP contribution >= 0.6 is 27.5 Å². The predicted octanol–water partition coefficient (Wildman–Crippen LogP) is 4.94. The highest BCUT2D eigenvalue weighted by molar-refractivity contribution is 9.10. The van der Waals surface area contributed by atoms with Gasteiger partial charge in [-0.15, -0.1) is 11.6 Å². The summed E-state index contributed by atoms with van der Waals surface area (Å²) in [6.07, 6.45) is 3.33. The summed E-state index contributed by atoms with van der Waals surface area (Å²) in [4.78, 5) is 0. The van der Waals surface area contributed by atoms with E-state index in [0.29, 0.717) is 13.2 Å². The maximum Gasteiger partial charge on any atom is 0.133 e. The molecular weight excluding hydrogens is 316 g/mol. The second kappa shape index (κ2) is 8.78. The standard InChI is InChI=1S/C14H20BrClO2/c1-3-4-5-13(16)11-6-7-14(12(15)10-11)18-9-8-17-2/h6-7,10,13H,3-5,8-9H2,1-2H3. The van der Waals surface area contributed by atoms with Crippen molar-refractivity contribution in [2.75, 3.05) is 20.3 Å². The molecule has 0 saturated heterocycles. The Morgan fingerprint density at radius 2 is 2.11 bits per heavy atom. The monoisotopic (exact) mass is 334 g/mol. The van der Waals surface area contributed by atoms with Crippen LogP contribution in [0.2, 0.25) is 0 Å². The molecule has 0 radical (unpaired) electrons. The van der Waals surface area contributed by atoms with Crippen LogP contribution in [-0.2, 0) is 4.74 Å². The van der Waals surface area contributed by atoms with Crippen molar-refractivity contribution in [3.8, 4) is 5.75 Å². The molecule has 1 aromatic carbocycles. The first-order valence-corrected chi connectivity index (χ1v) is 7.47. The number of methoxy groups -OCH3 is 1. The third kappa shape index (κ3) is 5.17. The maximum atomic E-state index is 6.35. The number of ether oxygens (including phenoxy) is 2. The van der Waals surface area contributed by atoms with Gasteiger partial charge in [-0.25, -0.2) is 0 Å². The van der Waals surface area contributed by atoms with Crippen LogP contribution in [0.5, 0.6) is 5.75 Å². The van der Waals surface area contributed by atoms with Gasteiger partial charge in [0.15, 0.2) is 0 Å². The molecule has 0 aliphatic heterocycles. The van der Waals surface area contributed by atoms with Gasteiger partial charge in [0.25, 0.3) is 0 Å². The minimum atomic E-state index is 0.0780. The molecule has 0 fully saturated rings. The summed E-state index contributed by atoms with van der Waals surface area (Å²) < 4.78 is 11.5. The molecule has 4 heteroatoms. The Hall–Kier alpha value is -0.250. The van der Waals surface area contributed by atoms with E-state index < -0.39 is 0 Å². The van der Waals surface area contributed by atoms with E-state index in [4.69, 9.17) is 21.1 Å². The molecule has 0 amide bonds. The predicted molar refractivity (Wildman–Crippen MR) is 79.6 cm³/mol. The number of hydrogen-bond donors (Lipinski definition) is 0. The van der Waals surface area contributed by atoms with Gasteiger partial charge in [-0.3, -0.25) is 0 Å². The number of hydrogen-bond acceptors (Lipinski definition) is 2. The zero-order valence-electron chi connectivity index (χ0n) is 10.9. The number of halogens is 2. The molecule has 102 valence electrons. The minimum Gasteiger partial charge on any atom is -0.490 e. The molecule has 1 atom stereocenters. The van der Waals surface area contributed by atoms with Gasteiger partial charge < -0.3 is 9.47 Å². The fraction of sp³-hybridized carbons (Fsp3) is 0.571. The largest absolute Gasteiger partial charge is 0.490 e. The second-order valence-corrected chi connectivity index (χ2v) is 5.52. The summed E-state index contributed by atoms with van der Waals surface area (Å²) in [7, 11) is 1.66. The van der Waals surface area contributed by atoms with Gasteiger partial charge in [-0.05, 0) is 40.0 Å². The summed E-state index contributed by atoms with van der Waals surface area (Å²) in [6, 6.07) is 6.02. The van der Waals surface area contributed by atoms with Crippen LogP contribution in [0.3, 0.4) is 0 Å². The van der Waals surface area contributed by atoms with Crippen LogP contribution in [0.1, 0.15) is 37.1 Å². The first-order chi connectivity index (χ1) is 8.69. The van der Waals surface area contributed by atoms with Crippen LogP contribution in [-0.4, -0.2) is 20.3 Å². The van der Waals surface area contributed by atoms with Crippen LogP contribution in [0.4, 0.5) is 0 Å². The molecule has 1 unspecified atom stereocenters. The summed E-state index contributed by atoms with van der Waals surface area (Å²) in [5.41, 5.74) is 1.14. The van der Waals surface area contributed by atoms with Gasteiger partial charge in [-0.2, -0.15) is 0 Å². The Kier molecular flexibility index (Phi) is 7.71. The lowest BCUT2D eigenvalue weighted by Crippen LogP contribution is -2.04. The van der Waals surface area contributed by atoms with Crippen LogP contribution in [0, 0.1) is 0 Å². The van der Waals surface area contributed by atoms with E-state index in [-0.39, 0.29) is 5.38 Å². The van der Waals surface area contributed by atoms with Crippen molar-refractivity contribution in [1.29, 1.82) is 0 Å². The van der Waals surface area contributed by atoms with Crippen molar-refractivity contribution in [3.63, 3.8) is 0 Å². The SMILES string of the molecule is CCCCC(Cl)c1ccc(OCCOC)c(Br)c1. The molecule has 0 saturated carbocycles. The maximum absolute atomic E-state index is 6.35. The second-order valence-electron chi connectivity index (χ2n) is 4.14. The van der Waals surface area contributed by atoms with Gasteiger partial charge in [-0.1, -0.05) is 25.8 Å². The van der Waals surface area contributed by atoms with Crippen molar-refractivity contribution in [2.45, 2.75) is 31.6 Å². The van der Waals surface area contributed by atoms with E-state index in [2.05, 4.69) is 22.9 Å². The molecule has 1 aromatic rings. The summed E-state index contributed by atoms with van der Waals surface area (Å²) >= 11 is 9.87. The van der Waals surface area contributed by atoms with E-state index in [1.165, 1.54) is 6.42 Å². The van der Waals surface area contributed by atoms with Crippen molar-refractivity contribution in [3.05, 3.63) is 28.2 Å². The lowest BCUT2D eigenvalue weighted by molar-refractivity contribution is 0.146. The van der Waals surface area contributed by atoms with Gasteiger partial charge in [0.1, 0.15) is 12.4 Å². The first-order valence-electron chi connectivity index (χ1n) is 6.24. The molecule has 0 spiro atoms. The average molecular weight is 336 g/mol. The van der Waals surface area contributed by atoms with E-state index >= 15 is 0 Å². The lowest BCUT2D eigenvalue weighted by Gasteiger charge is -2.12. The molecule has 2 nitrogen and oxygen atoms in total. The van der Waals surface area contributed by atoms with Gasteiger partial charge >= 0.3 is 0 Å². The molecule has 0 N–H and O–H groups in total. The van der Waals surface area contributed by atoms with Crippen LogP contribution in [0.15, 0.2) is 22.7 Å². The van der Waals surface area contributed by atoms with Crippen molar-refractivity contribution >= 4 is 27.5 Å². The van der Waals surface area contributed by atoms with E-state index in [0.717, 1.165) is 28.6 Å². The fourth-order valence-electron chi connectivity index (χ4n) is 1.61. The lowest BCUT2D eigenvalue weighted by atomic mass is 10.1. The zero-order chi connectivity index (χ0) is 13.4. The summed E-state index contributed by atoms with van der Waals surface area (Å²) in [6.45, 7) is 3.31. The third-order valence-corrected chi connectivity index (χ3v) is 3.76. The fourth-order valence-corrected chi connectivity index (χ4v) is 2.41. The third-order valence-electron chi connectivity index (χ3n) is 2.67. The smallest absolute Gasteiger partial charge is 0.133 e. The van der Waals surface area contributed by atoms with Crippen molar-refractivity contribution in [2.24, 2.45) is 0 Å². The van der Waals surface area contributed by atoms with Gasteiger partial charge in [0.2, 0.25) is 0 Å². The molecule has 1 rings (SSSR count). The molecule has 0 aliphatic carbocycles. The molecule has 0 aliphatic rings. The highest BCUT2D eigenvalue weighted by atomic mass is 79.9. The van der Waals surface area contributed by atoms with Gasteiger partial charge in [0, 0.05) is 7.11 Å². The average Bonchev–Trinajstić information content (AvgIpc) is 2.38. The number of rotatable bonds is 8. The van der Waals surface area contributed by atoms with Crippen molar-refractivity contribution < 1.29 is 9.47 Å². The summed E-state index contributed by atoms with van der Waals surface area (Å²) in [5.74, 6) is 0.829. The highest BCUT2D eigenvalue weighted by Gasteiger charge is 2.10. The Morgan fingerprint density at radius 3 is 2.72 bits per heavy atom. The van der Waals surface area contributed by atoms with Crippen LogP contribution < -0.4 is 4.74 Å².